The quantitative estimate of drug-likeness (QED) is 0.875. The van der Waals surface area contributed by atoms with Crippen molar-refractivity contribution in [2.24, 2.45) is 5.41 Å². The topological polar surface area (TPSA) is 49.8 Å². The number of hydrogen-bond acceptors (Lipinski definition) is 3. The summed E-state index contributed by atoms with van der Waals surface area (Å²) < 4.78 is 5.35. The number of nitrogens with zero attached hydrogens (tertiary/aromatic N) is 1. The lowest BCUT2D eigenvalue weighted by atomic mass is 9.79. The summed E-state index contributed by atoms with van der Waals surface area (Å²) in [4.78, 5) is 14.1. The van der Waals surface area contributed by atoms with Gasteiger partial charge in [0, 0.05) is 32.3 Å². The average Bonchev–Trinajstić information content (AvgIpc) is 2.48. The van der Waals surface area contributed by atoms with E-state index in [9.17, 15) is 9.90 Å². The van der Waals surface area contributed by atoms with Gasteiger partial charge in [-0.05, 0) is 32.3 Å². The molecule has 0 spiro atoms. The van der Waals surface area contributed by atoms with E-state index >= 15 is 0 Å². The molecular formula is C17H25NO3. The van der Waals surface area contributed by atoms with Crippen LogP contribution in [0.15, 0.2) is 30.3 Å². The van der Waals surface area contributed by atoms with Crippen LogP contribution in [-0.2, 0) is 16.1 Å². The summed E-state index contributed by atoms with van der Waals surface area (Å²) in [6.07, 6.45) is 1.20. The molecule has 0 aromatic heterocycles. The van der Waals surface area contributed by atoms with E-state index in [1.165, 1.54) is 5.56 Å². The third-order valence-corrected chi connectivity index (χ3v) is 4.37. The molecule has 0 bridgehead atoms. The van der Waals surface area contributed by atoms with Gasteiger partial charge in [-0.15, -0.1) is 0 Å². The summed E-state index contributed by atoms with van der Waals surface area (Å²) in [5.74, 6) is -0.690. The van der Waals surface area contributed by atoms with Gasteiger partial charge in [0.1, 0.15) is 0 Å². The number of hydrogen-bond donors (Lipinski definition) is 1. The van der Waals surface area contributed by atoms with Crippen LogP contribution in [0, 0.1) is 5.41 Å². The Balaban J connectivity index is 2.12. The van der Waals surface area contributed by atoms with Crippen LogP contribution in [0.4, 0.5) is 0 Å². The molecule has 116 valence electrons. The maximum absolute atomic E-state index is 11.8. The van der Waals surface area contributed by atoms with Crippen LogP contribution in [-0.4, -0.2) is 41.8 Å². The molecule has 1 aromatic rings. The first-order valence-electron chi connectivity index (χ1n) is 7.63. The second kappa shape index (κ2) is 7.05. The maximum Gasteiger partial charge on any atom is 0.311 e. The molecule has 0 amide bonds. The van der Waals surface area contributed by atoms with Crippen molar-refractivity contribution in [2.75, 3.05) is 19.8 Å². The second-order valence-corrected chi connectivity index (χ2v) is 6.18. The fourth-order valence-corrected chi connectivity index (χ4v) is 2.83. The number of carboxylic acid groups (broad SMARTS) is 1. The zero-order chi connectivity index (χ0) is 15.3. The van der Waals surface area contributed by atoms with E-state index < -0.39 is 11.4 Å². The first kappa shape index (κ1) is 16.0. The van der Waals surface area contributed by atoms with Gasteiger partial charge in [-0.1, -0.05) is 30.3 Å². The first-order chi connectivity index (χ1) is 10.0. The van der Waals surface area contributed by atoms with Crippen molar-refractivity contribution >= 4 is 5.97 Å². The molecule has 0 aliphatic carbocycles. The fraction of sp³-hybridized carbons (Fsp3) is 0.588. The Morgan fingerprint density at radius 3 is 2.43 bits per heavy atom. The summed E-state index contributed by atoms with van der Waals surface area (Å²) in [6, 6.07) is 10.5. The summed E-state index contributed by atoms with van der Waals surface area (Å²) in [7, 11) is 0. The third-order valence-electron chi connectivity index (χ3n) is 4.37. The van der Waals surface area contributed by atoms with Gasteiger partial charge in [0.2, 0.25) is 0 Å². The molecule has 4 heteroatoms. The molecule has 1 saturated heterocycles. The molecule has 21 heavy (non-hydrogen) atoms. The first-order valence-corrected chi connectivity index (χ1v) is 7.63. The van der Waals surface area contributed by atoms with Crippen molar-refractivity contribution < 1.29 is 14.6 Å². The highest BCUT2D eigenvalue weighted by Gasteiger charge is 2.41. The molecule has 1 N–H and O–H groups in total. The summed E-state index contributed by atoms with van der Waals surface area (Å²) in [6.45, 7) is 6.70. The van der Waals surface area contributed by atoms with E-state index in [-0.39, 0.29) is 0 Å². The highest BCUT2D eigenvalue weighted by Crippen LogP contribution is 2.33. The van der Waals surface area contributed by atoms with Crippen molar-refractivity contribution in [3.63, 3.8) is 0 Å². The van der Waals surface area contributed by atoms with Crippen molar-refractivity contribution in [3.8, 4) is 0 Å². The van der Waals surface area contributed by atoms with Gasteiger partial charge in [0.25, 0.3) is 0 Å². The minimum absolute atomic E-state index is 0.310. The molecule has 1 aliphatic heterocycles. The second-order valence-electron chi connectivity index (χ2n) is 6.18. The highest BCUT2D eigenvalue weighted by molar-refractivity contribution is 5.75. The largest absolute Gasteiger partial charge is 0.481 e. The van der Waals surface area contributed by atoms with E-state index in [0.717, 1.165) is 6.54 Å². The molecule has 0 radical (unpaired) electrons. The van der Waals surface area contributed by atoms with E-state index in [2.05, 4.69) is 30.9 Å². The summed E-state index contributed by atoms with van der Waals surface area (Å²) >= 11 is 0. The summed E-state index contributed by atoms with van der Waals surface area (Å²) in [5.41, 5.74) is 0.552. The Hall–Kier alpha value is -1.39. The predicted octanol–water partition coefficient (Wildman–Crippen LogP) is 2.78. The Labute approximate surface area is 126 Å². The predicted molar refractivity (Wildman–Crippen MR) is 82.1 cm³/mol. The van der Waals surface area contributed by atoms with Crippen LogP contribution in [0.25, 0.3) is 0 Å². The monoisotopic (exact) mass is 291 g/mol. The molecule has 1 aromatic carbocycles. The van der Waals surface area contributed by atoms with Gasteiger partial charge < -0.3 is 9.84 Å². The molecule has 1 fully saturated rings. The molecule has 1 heterocycles. The Morgan fingerprint density at radius 1 is 1.29 bits per heavy atom. The standard InChI is InChI=1S/C17H25NO3/c1-14(2)18(12-15-6-4-3-5-7-15)13-17(16(19)20)8-10-21-11-9-17/h3-7,14H,8-13H2,1-2H3,(H,19,20). The molecule has 2 rings (SSSR count). The van der Waals surface area contributed by atoms with Crippen molar-refractivity contribution in [2.45, 2.75) is 39.3 Å². The lowest BCUT2D eigenvalue weighted by molar-refractivity contribution is -0.157. The van der Waals surface area contributed by atoms with Crippen LogP contribution in [0.3, 0.4) is 0 Å². The van der Waals surface area contributed by atoms with Crippen LogP contribution in [0.1, 0.15) is 32.3 Å². The van der Waals surface area contributed by atoms with Crippen molar-refractivity contribution in [1.82, 2.24) is 4.90 Å². The molecule has 0 unspecified atom stereocenters. The molecule has 0 saturated carbocycles. The minimum Gasteiger partial charge on any atom is -0.481 e. The normalized spacial score (nSPS) is 18.1. The van der Waals surface area contributed by atoms with E-state index in [1.807, 2.05) is 18.2 Å². The van der Waals surface area contributed by atoms with Crippen LogP contribution < -0.4 is 0 Å². The van der Waals surface area contributed by atoms with Gasteiger partial charge in [0.05, 0.1) is 5.41 Å². The van der Waals surface area contributed by atoms with Crippen LogP contribution in [0.2, 0.25) is 0 Å². The Kier molecular flexibility index (Phi) is 5.37. The fourth-order valence-electron chi connectivity index (χ4n) is 2.83. The molecule has 4 nitrogen and oxygen atoms in total. The number of carbonyl (C=O) groups is 1. The zero-order valence-corrected chi connectivity index (χ0v) is 12.9. The smallest absolute Gasteiger partial charge is 0.311 e. The van der Waals surface area contributed by atoms with Gasteiger partial charge in [-0.3, -0.25) is 9.69 Å². The van der Waals surface area contributed by atoms with E-state index in [1.54, 1.807) is 0 Å². The van der Waals surface area contributed by atoms with Gasteiger partial charge in [-0.2, -0.15) is 0 Å². The molecule has 0 atom stereocenters. The summed E-state index contributed by atoms with van der Waals surface area (Å²) in [5, 5.41) is 9.70. The highest BCUT2D eigenvalue weighted by atomic mass is 16.5. The minimum atomic E-state index is -0.690. The molecular weight excluding hydrogens is 266 g/mol. The number of rotatable bonds is 6. The third kappa shape index (κ3) is 4.05. The SMILES string of the molecule is CC(C)N(Cc1ccccc1)CC1(C(=O)O)CCOCC1. The van der Waals surface area contributed by atoms with Gasteiger partial charge in [0.15, 0.2) is 0 Å². The Morgan fingerprint density at radius 2 is 1.90 bits per heavy atom. The zero-order valence-electron chi connectivity index (χ0n) is 12.9. The number of ether oxygens (including phenoxy) is 1. The molecule has 1 aliphatic rings. The number of benzene rings is 1. The van der Waals surface area contributed by atoms with Crippen LogP contribution in [0.5, 0.6) is 0 Å². The number of aliphatic carboxylic acids is 1. The van der Waals surface area contributed by atoms with Gasteiger partial charge >= 0.3 is 5.97 Å². The van der Waals surface area contributed by atoms with E-state index in [0.29, 0.717) is 38.6 Å². The van der Waals surface area contributed by atoms with Crippen molar-refractivity contribution in [3.05, 3.63) is 35.9 Å². The lowest BCUT2D eigenvalue weighted by Gasteiger charge is -2.39. The number of carboxylic acids is 1. The maximum atomic E-state index is 11.8. The lowest BCUT2D eigenvalue weighted by Crippen LogP contribution is -2.48. The van der Waals surface area contributed by atoms with Gasteiger partial charge in [-0.25, -0.2) is 0 Å². The van der Waals surface area contributed by atoms with Crippen molar-refractivity contribution in [1.29, 1.82) is 0 Å². The van der Waals surface area contributed by atoms with Crippen LogP contribution >= 0.6 is 0 Å². The average molecular weight is 291 g/mol. The Bertz CT molecular complexity index is 452. The van der Waals surface area contributed by atoms with E-state index in [4.69, 9.17) is 4.74 Å².